The van der Waals surface area contributed by atoms with Crippen molar-refractivity contribution in [1.29, 1.82) is 5.26 Å². The molecule has 1 aliphatic rings. The molecule has 6 rings (SSSR count). The van der Waals surface area contributed by atoms with Crippen molar-refractivity contribution >= 4 is 60.6 Å². The molecule has 10 nitrogen and oxygen atoms in total. The first-order valence-electron chi connectivity index (χ1n) is 15.2. The number of hydrogen-bond acceptors (Lipinski definition) is 11. The maximum absolute atomic E-state index is 17.0. The number of hydrogen-bond donors (Lipinski definition) is 2. The normalized spacial score (nSPS) is 19.0. The number of alkyl halides is 2. The van der Waals surface area contributed by atoms with Crippen LogP contribution >= 0.6 is 22.9 Å². The molecule has 0 unspecified atom stereocenters. The lowest BCUT2D eigenvalue weighted by atomic mass is 9.73. The minimum Gasteiger partial charge on any atom is -0.463 e. The number of aromatic nitrogens is 4. The van der Waals surface area contributed by atoms with Crippen LogP contribution in [0.2, 0.25) is 5.02 Å². The zero-order chi connectivity index (χ0) is 35.4. The van der Waals surface area contributed by atoms with Gasteiger partial charge in [-0.2, -0.15) is 15.2 Å². The number of rotatable bonds is 8. The van der Waals surface area contributed by atoms with Gasteiger partial charge in [0, 0.05) is 53.7 Å². The van der Waals surface area contributed by atoms with Gasteiger partial charge in [-0.25, -0.2) is 22.5 Å². The Labute approximate surface area is 288 Å². The summed E-state index contributed by atoms with van der Waals surface area (Å²) in [6, 6.07) is 5.13. The van der Waals surface area contributed by atoms with E-state index in [-0.39, 0.29) is 78.4 Å². The van der Waals surface area contributed by atoms with E-state index >= 15 is 4.39 Å². The lowest BCUT2D eigenvalue weighted by Gasteiger charge is -2.44. The molecular formula is C33H32ClF4N9OS. The summed E-state index contributed by atoms with van der Waals surface area (Å²) in [5.41, 5.74) is 11.4. The van der Waals surface area contributed by atoms with Gasteiger partial charge in [0.1, 0.15) is 39.7 Å². The first-order valence-corrected chi connectivity index (χ1v) is 16.4. The van der Waals surface area contributed by atoms with Crippen LogP contribution in [0.5, 0.6) is 6.01 Å². The summed E-state index contributed by atoms with van der Waals surface area (Å²) >= 11 is 7.67. The molecule has 3 atom stereocenters. The van der Waals surface area contributed by atoms with Crippen LogP contribution in [-0.2, 0) is 0 Å². The van der Waals surface area contributed by atoms with Gasteiger partial charge in [0.05, 0.1) is 27.9 Å². The first kappa shape index (κ1) is 34.3. The lowest BCUT2D eigenvalue weighted by Crippen LogP contribution is -2.51. The molecule has 256 valence electrons. The minimum atomic E-state index is -2.57. The van der Waals surface area contributed by atoms with E-state index in [0.29, 0.717) is 18.8 Å². The average Bonchev–Trinajstić information content (AvgIpc) is 3.40. The Hall–Kier alpha value is -4.52. The van der Waals surface area contributed by atoms with Crippen LogP contribution in [0.4, 0.5) is 34.2 Å². The number of benzene rings is 2. The van der Waals surface area contributed by atoms with Gasteiger partial charge in [0.15, 0.2) is 5.82 Å². The van der Waals surface area contributed by atoms with Crippen molar-refractivity contribution in [2.24, 2.45) is 11.3 Å². The molecule has 0 amide bonds. The highest BCUT2D eigenvalue weighted by atomic mass is 35.5. The van der Waals surface area contributed by atoms with Gasteiger partial charge < -0.3 is 26.0 Å². The number of ether oxygens (including phenoxy) is 1. The van der Waals surface area contributed by atoms with E-state index in [0.717, 1.165) is 17.4 Å². The molecule has 3 aromatic heterocycles. The number of nitrogens with zero attached hydrogens (tertiary/aromatic N) is 7. The van der Waals surface area contributed by atoms with Crippen molar-refractivity contribution in [3.8, 4) is 23.2 Å². The molecule has 4 heterocycles. The summed E-state index contributed by atoms with van der Waals surface area (Å²) in [4.78, 5) is 21.2. The molecule has 0 bridgehead atoms. The fourth-order valence-electron chi connectivity index (χ4n) is 6.63. The van der Waals surface area contributed by atoms with E-state index in [1.165, 1.54) is 24.5 Å². The largest absolute Gasteiger partial charge is 0.463 e. The molecular weight excluding hydrogens is 682 g/mol. The lowest BCUT2D eigenvalue weighted by molar-refractivity contribution is -0.0679. The molecule has 0 radical (unpaired) electrons. The highest BCUT2D eigenvalue weighted by Crippen LogP contribution is 2.46. The standard InChI is InChI=1S/C33H32ClF4N9OS/c1-15(25-29(40)43-9-8-42-25)47(4)31-17-11-20(34)23(16-5-6-21(35)27-22(16)18(12-39)30(41)49-27)24(36)26(17)44-32(45-31)48-14-33(2)13-46(3)10-7-19(33)28(37)38/h5-6,8-9,11,15,19,28H,7,10,13-14,41H2,1-4H3,(H2,40,43)/t15-,19+,33-/m1/s1. The Morgan fingerprint density at radius 2 is 1.96 bits per heavy atom. The van der Waals surface area contributed by atoms with E-state index in [2.05, 4.69) is 19.9 Å². The van der Waals surface area contributed by atoms with E-state index in [1.807, 2.05) is 18.0 Å². The first-order chi connectivity index (χ1) is 23.2. The van der Waals surface area contributed by atoms with Crippen LogP contribution < -0.4 is 21.1 Å². The fraction of sp³-hybridized carbons (Fsp3) is 0.364. The van der Waals surface area contributed by atoms with Crippen LogP contribution in [0.3, 0.4) is 0 Å². The Balaban J connectivity index is 1.55. The number of anilines is 3. The van der Waals surface area contributed by atoms with Crippen molar-refractivity contribution in [2.45, 2.75) is 32.7 Å². The van der Waals surface area contributed by atoms with Gasteiger partial charge in [-0.3, -0.25) is 4.98 Å². The Bertz CT molecular complexity index is 2130. The van der Waals surface area contributed by atoms with Gasteiger partial charge >= 0.3 is 6.01 Å². The SMILES string of the molecule is C[C@H](c1nccnc1N)N(C)c1nc(OC[C@@]2(C)CN(C)CC[C@H]2C(F)F)nc2c(F)c(-c3ccc(F)c4sc(N)c(C#N)c34)c(Cl)cc12. The minimum absolute atomic E-state index is 0.00754. The van der Waals surface area contributed by atoms with Gasteiger partial charge in [0.25, 0.3) is 0 Å². The fourth-order valence-corrected chi connectivity index (χ4v) is 7.87. The maximum Gasteiger partial charge on any atom is 0.319 e. The summed E-state index contributed by atoms with van der Waals surface area (Å²) in [5.74, 6) is -2.10. The Kier molecular flexibility index (Phi) is 9.16. The predicted molar refractivity (Wildman–Crippen MR) is 183 cm³/mol. The summed E-state index contributed by atoms with van der Waals surface area (Å²) in [6.07, 6.45) is 0.648. The number of likely N-dealkylation sites (tertiary alicyclic amines) is 1. The van der Waals surface area contributed by atoms with E-state index in [1.54, 1.807) is 25.8 Å². The van der Waals surface area contributed by atoms with Crippen molar-refractivity contribution in [2.75, 3.05) is 50.2 Å². The molecule has 5 aromatic rings. The van der Waals surface area contributed by atoms with Gasteiger partial charge in [-0.05, 0) is 44.6 Å². The van der Waals surface area contributed by atoms with Gasteiger partial charge in [-0.1, -0.05) is 24.6 Å². The van der Waals surface area contributed by atoms with E-state index in [4.69, 9.17) is 27.8 Å². The highest BCUT2D eigenvalue weighted by molar-refractivity contribution is 7.23. The number of halogens is 5. The molecule has 1 aliphatic heterocycles. The van der Waals surface area contributed by atoms with Crippen molar-refractivity contribution in [3.05, 3.63) is 58.5 Å². The molecule has 49 heavy (non-hydrogen) atoms. The van der Waals surface area contributed by atoms with Gasteiger partial charge in [0.2, 0.25) is 6.43 Å². The Morgan fingerprint density at radius 3 is 2.65 bits per heavy atom. The summed E-state index contributed by atoms with van der Waals surface area (Å²) in [5, 5.41) is 10.2. The molecule has 16 heteroatoms. The van der Waals surface area contributed by atoms with Crippen LogP contribution in [0, 0.1) is 34.3 Å². The molecule has 2 aromatic carbocycles. The number of piperidine rings is 1. The molecule has 1 fully saturated rings. The second kappa shape index (κ2) is 13.1. The van der Waals surface area contributed by atoms with E-state index < -0.39 is 35.4 Å². The third kappa shape index (κ3) is 6.02. The quantitative estimate of drug-likeness (QED) is 0.160. The van der Waals surface area contributed by atoms with Crippen LogP contribution in [0.15, 0.2) is 30.6 Å². The monoisotopic (exact) mass is 713 g/mol. The molecule has 1 saturated heterocycles. The van der Waals surface area contributed by atoms with Crippen molar-refractivity contribution in [3.63, 3.8) is 0 Å². The summed E-state index contributed by atoms with van der Waals surface area (Å²) < 4.78 is 66.4. The number of nitrogens with two attached hydrogens (primary N) is 2. The zero-order valence-corrected chi connectivity index (χ0v) is 28.5. The second-order valence-electron chi connectivity index (χ2n) is 12.5. The third-order valence-electron chi connectivity index (χ3n) is 9.29. The topological polar surface area (TPSA) is 143 Å². The predicted octanol–water partition coefficient (Wildman–Crippen LogP) is 7.07. The average molecular weight is 714 g/mol. The number of thiophene rings is 1. The second-order valence-corrected chi connectivity index (χ2v) is 14.0. The van der Waals surface area contributed by atoms with E-state index in [9.17, 15) is 18.4 Å². The highest BCUT2D eigenvalue weighted by Gasteiger charge is 2.44. The zero-order valence-electron chi connectivity index (χ0n) is 26.9. The number of nitrogen functional groups attached to an aromatic ring is 2. The summed E-state index contributed by atoms with van der Waals surface area (Å²) in [7, 11) is 3.54. The van der Waals surface area contributed by atoms with Crippen LogP contribution in [0.25, 0.3) is 32.1 Å². The molecule has 0 spiro atoms. The van der Waals surface area contributed by atoms with Crippen molar-refractivity contribution in [1.82, 2.24) is 24.8 Å². The smallest absolute Gasteiger partial charge is 0.319 e. The Morgan fingerprint density at radius 1 is 1.22 bits per heavy atom. The molecule has 4 N–H and O–H groups in total. The molecule has 0 aliphatic carbocycles. The maximum atomic E-state index is 17.0. The van der Waals surface area contributed by atoms with Crippen LogP contribution in [-0.4, -0.2) is 65.1 Å². The molecule has 0 saturated carbocycles. The number of fused-ring (bicyclic) bond motifs is 2. The van der Waals surface area contributed by atoms with Crippen molar-refractivity contribution < 1.29 is 22.3 Å². The third-order valence-corrected chi connectivity index (χ3v) is 10.6. The van der Waals surface area contributed by atoms with Gasteiger partial charge in [-0.15, -0.1) is 11.3 Å². The number of nitriles is 1. The summed E-state index contributed by atoms with van der Waals surface area (Å²) in [6.45, 7) is 4.21. The van der Waals surface area contributed by atoms with Crippen LogP contribution in [0.1, 0.15) is 37.6 Å².